The van der Waals surface area contributed by atoms with E-state index in [1.807, 2.05) is 37.3 Å². The first-order valence-electron chi connectivity index (χ1n) is 6.29. The molecule has 0 radical (unpaired) electrons. The van der Waals surface area contributed by atoms with Gasteiger partial charge in [0.25, 0.3) is 0 Å². The molecule has 6 nitrogen and oxygen atoms in total. The highest BCUT2D eigenvalue weighted by Crippen LogP contribution is 2.08. The normalized spacial score (nSPS) is 10.4. The summed E-state index contributed by atoms with van der Waals surface area (Å²) in [6.45, 7) is 2.12. The highest BCUT2D eigenvalue weighted by atomic mass is 16.5. The Balaban J connectivity index is 1.99. The van der Waals surface area contributed by atoms with Crippen molar-refractivity contribution in [3.63, 3.8) is 0 Å². The molecule has 2 aromatic rings. The first kappa shape index (κ1) is 13.2. The van der Waals surface area contributed by atoms with Crippen LogP contribution in [0.15, 0.2) is 30.3 Å². The van der Waals surface area contributed by atoms with Crippen LogP contribution in [0.3, 0.4) is 0 Å². The molecule has 0 amide bonds. The van der Waals surface area contributed by atoms with Crippen LogP contribution < -0.4 is 0 Å². The number of unbranched alkanes of at least 4 members (excludes halogenated alkanes) is 1. The van der Waals surface area contributed by atoms with Gasteiger partial charge in [0.05, 0.1) is 5.69 Å². The zero-order valence-corrected chi connectivity index (χ0v) is 10.8. The second kappa shape index (κ2) is 6.63. The third-order valence-corrected chi connectivity index (χ3v) is 2.63. The second-order valence-electron chi connectivity index (χ2n) is 4.11. The lowest BCUT2D eigenvalue weighted by Gasteiger charge is -2.05. The van der Waals surface area contributed by atoms with Crippen LogP contribution in [-0.2, 0) is 16.1 Å². The zero-order chi connectivity index (χ0) is 13.5. The molecule has 0 atom stereocenters. The third-order valence-electron chi connectivity index (χ3n) is 2.63. The summed E-state index contributed by atoms with van der Waals surface area (Å²) in [4.78, 5) is 11.4. The van der Waals surface area contributed by atoms with E-state index in [2.05, 4.69) is 15.5 Å². The number of hydrogen-bond acceptors (Lipinski definition) is 5. The van der Waals surface area contributed by atoms with E-state index >= 15 is 0 Å². The van der Waals surface area contributed by atoms with Crippen LogP contribution in [0.4, 0.5) is 0 Å². The number of para-hydroxylation sites is 1. The molecule has 100 valence electrons. The molecule has 0 saturated carbocycles. The largest absolute Gasteiger partial charge is 0.457 e. The van der Waals surface area contributed by atoms with Gasteiger partial charge in [0.15, 0.2) is 12.4 Å². The molecule has 0 spiro atoms. The number of ether oxygens (including phenoxy) is 1. The van der Waals surface area contributed by atoms with Crippen LogP contribution in [-0.4, -0.2) is 26.2 Å². The molecule has 1 heterocycles. The quantitative estimate of drug-likeness (QED) is 0.742. The minimum absolute atomic E-state index is 0.0877. The van der Waals surface area contributed by atoms with Crippen molar-refractivity contribution in [1.29, 1.82) is 0 Å². The summed E-state index contributed by atoms with van der Waals surface area (Å²) in [7, 11) is 0. The molecule has 0 aliphatic heterocycles. The number of rotatable bonds is 6. The number of carbonyl (C=O) groups excluding carboxylic acids is 1. The summed E-state index contributed by atoms with van der Waals surface area (Å²) in [5.74, 6) is 0.292. The Morgan fingerprint density at radius 3 is 2.84 bits per heavy atom. The van der Waals surface area contributed by atoms with Crippen molar-refractivity contribution in [3.8, 4) is 5.69 Å². The summed E-state index contributed by atoms with van der Waals surface area (Å²) in [6.07, 6.45) is 2.24. The Kier molecular flexibility index (Phi) is 4.60. The van der Waals surface area contributed by atoms with Gasteiger partial charge < -0.3 is 4.74 Å². The number of esters is 1. The van der Waals surface area contributed by atoms with Gasteiger partial charge in [-0.25, -0.2) is 0 Å². The van der Waals surface area contributed by atoms with Crippen molar-refractivity contribution in [1.82, 2.24) is 20.2 Å². The fourth-order valence-electron chi connectivity index (χ4n) is 1.60. The SMILES string of the molecule is CCCCC(=O)OCc1nnnn1-c1ccccc1. The van der Waals surface area contributed by atoms with Crippen molar-refractivity contribution in [3.05, 3.63) is 36.2 Å². The lowest BCUT2D eigenvalue weighted by Crippen LogP contribution is -2.09. The lowest BCUT2D eigenvalue weighted by atomic mass is 10.2. The highest BCUT2D eigenvalue weighted by molar-refractivity contribution is 5.69. The van der Waals surface area contributed by atoms with Gasteiger partial charge in [-0.15, -0.1) is 5.10 Å². The number of aromatic nitrogens is 4. The van der Waals surface area contributed by atoms with Gasteiger partial charge in [-0.2, -0.15) is 4.68 Å². The summed E-state index contributed by atoms with van der Waals surface area (Å²) < 4.78 is 6.71. The monoisotopic (exact) mass is 260 g/mol. The van der Waals surface area contributed by atoms with Crippen LogP contribution in [0.1, 0.15) is 32.0 Å². The molecule has 19 heavy (non-hydrogen) atoms. The molecule has 0 saturated heterocycles. The molecule has 0 unspecified atom stereocenters. The van der Waals surface area contributed by atoms with Crippen molar-refractivity contribution in [2.24, 2.45) is 0 Å². The first-order valence-corrected chi connectivity index (χ1v) is 6.29. The Labute approximate surface area is 111 Å². The van der Waals surface area contributed by atoms with Crippen LogP contribution in [0.5, 0.6) is 0 Å². The molecular weight excluding hydrogens is 244 g/mol. The van der Waals surface area contributed by atoms with Gasteiger partial charge >= 0.3 is 5.97 Å². The van der Waals surface area contributed by atoms with E-state index in [1.165, 1.54) is 0 Å². The molecular formula is C13H16N4O2. The molecule has 0 aliphatic rings. The minimum atomic E-state index is -0.218. The van der Waals surface area contributed by atoms with E-state index in [9.17, 15) is 4.79 Å². The predicted molar refractivity (Wildman–Crippen MR) is 68.5 cm³/mol. The topological polar surface area (TPSA) is 69.9 Å². The Bertz CT molecular complexity index is 524. The van der Waals surface area contributed by atoms with Crippen molar-refractivity contribution in [2.45, 2.75) is 32.8 Å². The fraction of sp³-hybridized carbons (Fsp3) is 0.385. The van der Waals surface area contributed by atoms with E-state index in [-0.39, 0.29) is 12.6 Å². The number of hydrogen-bond donors (Lipinski definition) is 0. The van der Waals surface area contributed by atoms with Gasteiger partial charge in [0.2, 0.25) is 0 Å². The van der Waals surface area contributed by atoms with E-state index in [0.717, 1.165) is 18.5 Å². The van der Waals surface area contributed by atoms with Crippen LogP contribution in [0.2, 0.25) is 0 Å². The third kappa shape index (κ3) is 3.61. The van der Waals surface area contributed by atoms with Crippen molar-refractivity contribution >= 4 is 5.97 Å². The molecule has 1 aromatic heterocycles. The van der Waals surface area contributed by atoms with E-state index < -0.39 is 0 Å². The van der Waals surface area contributed by atoms with Crippen LogP contribution in [0.25, 0.3) is 5.69 Å². The second-order valence-corrected chi connectivity index (χ2v) is 4.11. The fourth-order valence-corrected chi connectivity index (χ4v) is 1.60. The zero-order valence-electron chi connectivity index (χ0n) is 10.8. The van der Waals surface area contributed by atoms with Crippen LogP contribution >= 0.6 is 0 Å². The summed E-state index contributed by atoms with van der Waals surface area (Å²) in [5, 5.41) is 11.4. The molecule has 1 aromatic carbocycles. The van der Waals surface area contributed by atoms with Crippen molar-refractivity contribution in [2.75, 3.05) is 0 Å². The molecule has 6 heteroatoms. The van der Waals surface area contributed by atoms with E-state index in [0.29, 0.717) is 12.2 Å². The van der Waals surface area contributed by atoms with E-state index in [1.54, 1.807) is 4.68 Å². The lowest BCUT2D eigenvalue weighted by molar-refractivity contribution is -0.145. The van der Waals surface area contributed by atoms with Gasteiger partial charge in [0.1, 0.15) is 0 Å². The summed E-state index contributed by atoms with van der Waals surface area (Å²) in [6, 6.07) is 9.48. The molecule has 0 aliphatic carbocycles. The summed E-state index contributed by atoms with van der Waals surface area (Å²) >= 11 is 0. The Morgan fingerprint density at radius 2 is 2.11 bits per heavy atom. The Morgan fingerprint density at radius 1 is 1.32 bits per heavy atom. The van der Waals surface area contributed by atoms with Gasteiger partial charge in [-0.05, 0) is 29.0 Å². The summed E-state index contributed by atoms with van der Waals surface area (Å²) in [5.41, 5.74) is 0.840. The van der Waals surface area contributed by atoms with Crippen LogP contribution in [0, 0.1) is 0 Å². The molecule has 0 bridgehead atoms. The first-order chi connectivity index (χ1) is 9.31. The van der Waals surface area contributed by atoms with Crippen molar-refractivity contribution < 1.29 is 9.53 Å². The highest BCUT2D eigenvalue weighted by Gasteiger charge is 2.10. The molecule has 0 N–H and O–H groups in total. The van der Waals surface area contributed by atoms with E-state index in [4.69, 9.17) is 4.74 Å². The maximum absolute atomic E-state index is 11.4. The Hall–Kier alpha value is -2.24. The number of carbonyl (C=O) groups is 1. The number of tetrazole rings is 1. The minimum Gasteiger partial charge on any atom is -0.457 e. The van der Waals surface area contributed by atoms with Gasteiger partial charge in [-0.3, -0.25) is 4.79 Å². The average molecular weight is 260 g/mol. The van der Waals surface area contributed by atoms with Gasteiger partial charge in [0, 0.05) is 6.42 Å². The number of benzene rings is 1. The average Bonchev–Trinajstić information content (AvgIpc) is 2.92. The smallest absolute Gasteiger partial charge is 0.306 e. The molecule has 0 fully saturated rings. The van der Waals surface area contributed by atoms with Gasteiger partial charge in [-0.1, -0.05) is 31.5 Å². The standard InChI is InChI=1S/C13H16N4O2/c1-2-3-9-13(18)19-10-12-14-15-16-17(12)11-7-5-4-6-8-11/h4-8H,2-3,9-10H2,1H3. The maximum atomic E-state index is 11.4. The predicted octanol–water partition coefficient (Wildman–Crippen LogP) is 1.90. The molecule has 2 rings (SSSR count). The number of nitrogens with zero attached hydrogens (tertiary/aromatic N) is 4. The maximum Gasteiger partial charge on any atom is 0.306 e.